The molecule has 0 saturated heterocycles. The van der Waals surface area contributed by atoms with E-state index in [-0.39, 0.29) is 11.4 Å². The Balaban J connectivity index is 1.62. The highest BCUT2D eigenvalue weighted by Crippen LogP contribution is 2.34. The van der Waals surface area contributed by atoms with Crippen molar-refractivity contribution in [1.82, 2.24) is 19.5 Å². The number of hydrogen-bond donors (Lipinski definition) is 0. The van der Waals surface area contributed by atoms with E-state index in [9.17, 15) is 9.18 Å². The van der Waals surface area contributed by atoms with Crippen LogP contribution in [-0.4, -0.2) is 19.5 Å². The van der Waals surface area contributed by atoms with Gasteiger partial charge in [0.15, 0.2) is 0 Å². The fourth-order valence-electron chi connectivity index (χ4n) is 3.94. The lowest BCUT2D eigenvalue weighted by molar-refractivity contribution is 0.626. The van der Waals surface area contributed by atoms with Crippen LogP contribution in [0.15, 0.2) is 90.2 Å². The van der Waals surface area contributed by atoms with E-state index in [0.29, 0.717) is 35.6 Å². The minimum absolute atomic E-state index is 0.139. The van der Waals surface area contributed by atoms with Gasteiger partial charge in [-0.25, -0.2) is 19.3 Å². The zero-order valence-corrected chi connectivity index (χ0v) is 19.3. The molecule has 5 aromatic rings. The van der Waals surface area contributed by atoms with Crippen LogP contribution in [0, 0.1) is 12.7 Å². The average Bonchev–Trinajstić information content (AvgIpc) is 3.34. The van der Waals surface area contributed by atoms with Crippen LogP contribution in [0.2, 0.25) is 0 Å². The first-order valence-corrected chi connectivity index (χ1v) is 11.7. The number of rotatable bonds is 6. The molecule has 5 rings (SSSR count). The van der Waals surface area contributed by atoms with Gasteiger partial charge in [0.1, 0.15) is 18.0 Å². The lowest BCUT2D eigenvalue weighted by atomic mass is 10.1. The van der Waals surface area contributed by atoms with Gasteiger partial charge < -0.3 is 0 Å². The van der Waals surface area contributed by atoms with Crippen molar-refractivity contribution in [3.63, 3.8) is 0 Å². The van der Waals surface area contributed by atoms with Crippen molar-refractivity contribution in [2.45, 2.75) is 19.9 Å². The molecule has 0 amide bonds. The van der Waals surface area contributed by atoms with Gasteiger partial charge >= 0.3 is 0 Å². The van der Waals surface area contributed by atoms with Gasteiger partial charge in [0, 0.05) is 39.8 Å². The summed E-state index contributed by atoms with van der Waals surface area (Å²) in [7, 11) is 0. The molecule has 0 aliphatic carbocycles. The third-order valence-corrected chi connectivity index (χ3v) is 6.75. The van der Waals surface area contributed by atoms with Crippen LogP contribution >= 0.6 is 11.3 Å². The molecule has 0 spiro atoms. The molecule has 7 heteroatoms. The van der Waals surface area contributed by atoms with Crippen molar-refractivity contribution >= 4 is 11.3 Å². The summed E-state index contributed by atoms with van der Waals surface area (Å²) in [5, 5.41) is 0. The van der Waals surface area contributed by atoms with Crippen LogP contribution in [0.25, 0.3) is 32.3 Å². The second kappa shape index (κ2) is 9.49. The topological polar surface area (TPSA) is 60.7 Å². The summed E-state index contributed by atoms with van der Waals surface area (Å²) in [6.07, 6.45) is 5.64. The molecule has 0 unspecified atom stereocenters. The molecule has 2 aromatic carbocycles. The predicted octanol–water partition coefficient (Wildman–Crippen LogP) is 5.79. The van der Waals surface area contributed by atoms with E-state index < -0.39 is 0 Å². The molecule has 0 fully saturated rings. The summed E-state index contributed by atoms with van der Waals surface area (Å²) < 4.78 is 15.7. The lowest BCUT2D eigenvalue weighted by Crippen LogP contribution is -2.26. The average molecular weight is 469 g/mol. The molecular formula is C27H21FN4OS. The Morgan fingerprint density at radius 2 is 1.68 bits per heavy atom. The summed E-state index contributed by atoms with van der Waals surface area (Å²) in [6, 6.07) is 20.1. The van der Waals surface area contributed by atoms with Gasteiger partial charge in [-0.3, -0.25) is 9.36 Å². The molecule has 0 N–H and O–H groups in total. The Labute approximate surface area is 200 Å². The molecule has 5 nitrogen and oxygen atoms in total. The molecule has 34 heavy (non-hydrogen) atoms. The first kappa shape index (κ1) is 21.9. The number of aryl methyl sites for hydroxylation is 2. The smallest absolute Gasteiger partial charge is 0.262 e. The Hall–Kier alpha value is -3.97. The van der Waals surface area contributed by atoms with Gasteiger partial charge in [-0.05, 0) is 43.2 Å². The zero-order chi connectivity index (χ0) is 23.5. The summed E-state index contributed by atoms with van der Waals surface area (Å²) in [5.41, 5.74) is 3.61. The number of nitrogens with zero attached hydrogens (tertiary/aromatic N) is 4. The van der Waals surface area contributed by atoms with Crippen molar-refractivity contribution in [2.24, 2.45) is 0 Å². The Morgan fingerprint density at radius 3 is 2.44 bits per heavy atom. The minimum Gasteiger partial charge on any atom is -0.292 e. The zero-order valence-electron chi connectivity index (χ0n) is 18.5. The number of thiophene rings is 1. The van der Waals surface area contributed by atoms with Crippen molar-refractivity contribution in [1.29, 1.82) is 0 Å². The lowest BCUT2D eigenvalue weighted by Gasteiger charge is -2.16. The maximum absolute atomic E-state index is 14.0. The van der Waals surface area contributed by atoms with Gasteiger partial charge in [0.05, 0.1) is 11.3 Å². The largest absolute Gasteiger partial charge is 0.292 e. The number of benzene rings is 2. The summed E-state index contributed by atoms with van der Waals surface area (Å²) in [4.78, 5) is 28.6. The van der Waals surface area contributed by atoms with Gasteiger partial charge in [-0.2, -0.15) is 0 Å². The Kier molecular flexibility index (Phi) is 6.10. The van der Waals surface area contributed by atoms with E-state index in [1.165, 1.54) is 29.8 Å². The molecule has 168 valence electrons. The molecule has 0 saturated carbocycles. The molecule has 3 aromatic heterocycles. The highest BCUT2D eigenvalue weighted by Gasteiger charge is 2.19. The van der Waals surface area contributed by atoms with Crippen LogP contribution < -0.4 is 5.56 Å². The van der Waals surface area contributed by atoms with Gasteiger partial charge in [-0.1, -0.05) is 42.5 Å². The maximum Gasteiger partial charge on any atom is 0.262 e. The Bertz CT molecular complexity index is 1500. The standard InChI is InChI=1S/C27H21FN4OS/c1-18-25(24-11-10-23(34-24)21-15-29-17-30-16-21)27(33)32(13-12-19-6-3-2-4-7-19)26(31-18)20-8-5-9-22(28)14-20/h2-11,14-17H,12-13H2,1H3. The van der Waals surface area contributed by atoms with E-state index >= 15 is 0 Å². The fourth-order valence-corrected chi connectivity index (χ4v) is 5.01. The third kappa shape index (κ3) is 4.43. The van der Waals surface area contributed by atoms with E-state index in [4.69, 9.17) is 4.98 Å². The van der Waals surface area contributed by atoms with Gasteiger partial charge in [0.2, 0.25) is 0 Å². The second-order valence-electron chi connectivity index (χ2n) is 7.89. The molecule has 0 radical (unpaired) electrons. The van der Waals surface area contributed by atoms with E-state index in [1.54, 1.807) is 29.1 Å². The molecule has 0 aliphatic heterocycles. The first-order chi connectivity index (χ1) is 16.6. The van der Waals surface area contributed by atoms with Crippen molar-refractivity contribution in [2.75, 3.05) is 0 Å². The first-order valence-electron chi connectivity index (χ1n) is 10.9. The van der Waals surface area contributed by atoms with Gasteiger partial charge in [0.25, 0.3) is 5.56 Å². The van der Waals surface area contributed by atoms with Crippen molar-refractivity contribution in [3.8, 4) is 32.3 Å². The molecule has 0 atom stereocenters. The quantitative estimate of drug-likeness (QED) is 0.317. The monoisotopic (exact) mass is 468 g/mol. The van der Waals surface area contributed by atoms with Crippen LogP contribution in [0.3, 0.4) is 0 Å². The van der Waals surface area contributed by atoms with Crippen molar-refractivity contribution in [3.05, 3.63) is 113 Å². The molecule has 0 bridgehead atoms. The summed E-state index contributed by atoms with van der Waals surface area (Å²) in [6.45, 7) is 2.26. The second-order valence-corrected chi connectivity index (χ2v) is 8.97. The van der Waals surface area contributed by atoms with E-state index in [0.717, 1.165) is 20.9 Å². The summed E-state index contributed by atoms with van der Waals surface area (Å²) in [5.74, 6) is 0.103. The SMILES string of the molecule is Cc1nc(-c2cccc(F)c2)n(CCc2ccccc2)c(=O)c1-c1ccc(-c2cncnc2)s1. The molecule has 3 heterocycles. The normalized spacial score (nSPS) is 11.0. The molecular weight excluding hydrogens is 447 g/mol. The number of aromatic nitrogens is 4. The highest BCUT2D eigenvalue weighted by atomic mass is 32.1. The van der Waals surface area contributed by atoms with Crippen LogP contribution in [0.1, 0.15) is 11.3 Å². The summed E-state index contributed by atoms with van der Waals surface area (Å²) >= 11 is 1.50. The van der Waals surface area contributed by atoms with Crippen LogP contribution in [-0.2, 0) is 13.0 Å². The maximum atomic E-state index is 14.0. The van der Waals surface area contributed by atoms with Crippen LogP contribution in [0.5, 0.6) is 0 Å². The fraction of sp³-hybridized carbons (Fsp3) is 0.111. The number of halogens is 1. The van der Waals surface area contributed by atoms with E-state index in [1.807, 2.05) is 49.4 Å². The predicted molar refractivity (Wildman–Crippen MR) is 133 cm³/mol. The van der Waals surface area contributed by atoms with Gasteiger partial charge in [-0.15, -0.1) is 11.3 Å². The van der Waals surface area contributed by atoms with Crippen molar-refractivity contribution < 1.29 is 4.39 Å². The Morgan fingerprint density at radius 1 is 0.912 bits per heavy atom. The minimum atomic E-state index is -0.365. The number of hydrogen-bond acceptors (Lipinski definition) is 5. The molecule has 0 aliphatic rings. The van der Waals surface area contributed by atoms with Crippen LogP contribution in [0.4, 0.5) is 4.39 Å². The van der Waals surface area contributed by atoms with E-state index in [2.05, 4.69) is 9.97 Å². The highest BCUT2D eigenvalue weighted by molar-refractivity contribution is 7.18. The third-order valence-electron chi connectivity index (χ3n) is 5.60.